The van der Waals surface area contributed by atoms with Crippen molar-refractivity contribution >= 4 is 6.09 Å². The Labute approximate surface area is 187 Å². The average Bonchev–Trinajstić information content (AvgIpc) is 2.79. The first-order valence-corrected chi connectivity index (χ1v) is 10.7. The average molecular weight is 451 g/mol. The van der Waals surface area contributed by atoms with Crippen LogP contribution < -0.4 is 0 Å². The molecule has 0 saturated carbocycles. The van der Waals surface area contributed by atoms with Gasteiger partial charge in [0, 0.05) is 27.2 Å². The standard InChI is InChI=1S/C21H25F2NO2.C3H7NO2/c22-19-6-2-16(3-7-19)21(26,17-4-8-20(23)9-5-17)18-10-13-24(14-11-18)12-1-15-25;1-4(2)3(5)6/h2-9,18,25-26H,1,10-15H2;1-2H3,(H,5,6). The maximum absolute atomic E-state index is 13.4. The highest BCUT2D eigenvalue weighted by atomic mass is 19.1. The van der Waals surface area contributed by atoms with E-state index in [1.165, 1.54) is 38.4 Å². The summed E-state index contributed by atoms with van der Waals surface area (Å²) in [4.78, 5) is 13.0. The Balaban J connectivity index is 0.000000534. The lowest BCUT2D eigenvalue weighted by Gasteiger charge is -2.42. The van der Waals surface area contributed by atoms with E-state index in [1.807, 2.05) is 0 Å². The van der Waals surface area contributed by atoms with Gasteiger partial charge in [-0.1, -0.05) is 24.3 Å². The van der Waals surface area contributed by atoms with Crippen LogP contribution in [0.3, 0.4) is 0 Å². The van der Waals surface area contributed by atoms with E-state index in [4.69, 9.17) is 10.2 Å². The monoisotopic (exact) mass is 450 g/mol. The van der Waals surface area contributed by atoms with Crippen LogP contribution in [0.2, 0.25) is 0 Å². The van der Waals surface area contributed by atoms with Gasteiger partial charge in [0.05, 0.1) is 0 Å². The Kier molecular flexibility index (Phi) is 9.56. The van der Waals surface area contributed by atoms with Crippen molar-refractivity contribution < 1.29 is 28.9 Å². The van der Waals surface area contributed by atoms with Crippen molar-refractivity contribution in [3.05, 3.63) is 71.3 Å². The minimum absolute atomic E-state index is 0.0520. The summed E-state index contributed by atoms with van der Waals surface area (Å²) in [6.45, 7) is 2.68. The predicted molar refractivity (Wildman–Crippen MR) is 118 cm³/mol. The van der Waals surface area contributed by atoms with Crippen molar-refractivity contribution in [2.75, 3.05) is 40.3 Å². The number of carbonyl (C=O) groups is 1. The molecule has 1 aliphatic rings. The molecule has 3 N–H and O–H groups in total. The zero-order valence-corrected chi connectivity index (χ0v) is 18.5. The van der Waals surface area contributed by atoms with Crippen molar-refractivity contribution in [1.29, 1.82) is 0 Å². The molecular weight excluding hydrogens is 418 g/mol. The van der Waals surface area contributed by atoms with E-state index in [-0.39, 0.29) is 24.2 Å². The number of benzene rings is 2. The van der Waals surface area contributed by atoms with Gasteiger partial charge < -0.3 is 25.1 Å². The first-order chi connectivity index (χ1) is 15.2. The number of aliphatic hydroxyl groups excluding tert-OH is 1. The lowest BCUT2D eigenvalue weighted by Crippen LogP contribution is -2.44. The number of hydrogen-bond donors (Lipinski definition) is 3. The highest BCUT2D eigenvalue weighted by molar-refractivity contribution is 5.63. The summed E-state index contributed by atoms with van der Waals surface area (Å²) in [5, 5.41) is 28.6. The molecule has 1 amide bonds. The van der Waals surface area contributed by atoms with Crippen LogP contribution in [0.5, 0.6) is 0 Å². The molecule has 1 heterocycles. The smallest absolute Gasteiger partial charge is 0.406 e. The van der Waals surface area contributed by atoms with Gasteiger partial charge in [-0.2, -0.15) is 0 Å². The lowest BCUT2D eigenvalue weighted by molar-refractivity contribution is -0.0148. The highest BCUT2D eigenvalue weighted by Gasteiger charge is 2.41. The third-order valence-electron chi connectivity index (χ3n) is 5.76. The number of amides is 1. The SMILES string of the molecule is CN(C)C(=O)O.OCCCN1CCC(C(O)(c2ccc(F)cc2)c2ccc(F)cc2)CC1. The first kappa shape index (κ1) is 25.7. The normalized spacial score (nSPS) is 15.1. The fraction of sp³-hybridized carbons (Fsp3) is 0.458. The van der Waals surface area contributed by atoms with Crippen LogP contribution in [0.15, 0.2) is 48.5 Å². The number of piperidine rings is 1. The minimum Gasteiger partial charge on any atom is -0.465 e. The summed E-state index contributed by atoms with van der Waals surface area (Å²) in [5.74, 6) is -0.758. The second-order valence-corrected chi connectivity index (χ2v) is 8.15. The van der Waals surface area contributed by atoms with Crippen LogP contribution in [0.4, 0.5) is 13.6 Å². The van der Waals surface area contributed by atoms with Crippen molar-refractivity contribution in [2.24, 2.45) is 5.92 Å². The Hall–Kier alpha value is -2.55. The number of halogens is 2. The molecule has 1 aliphatic heterocycles. The maximum Gasteiger partial charge on any atom is 0.406 e. The molecule has 0 aromatic heterocycles. The van der Waals surface area contributed by atoms with E-state index in [1.54, 1.807) is 24.3 Å². The molecule has 8 heteroatoms. The van der Waals surface area contributed by atoms with Crippen LogP contribution in [0, 0.1) is 17.6 Å². The first-order valence-electron chi connectivity index (χ1n) is 10.7. The van der Waals surface area contributed by atoms with E-state index in [0.717, 1.165) is 43.8 Å². The van der Waals surface area contributed by atoms with Crippen molar-refractivity contribution in [3.8, 4) is 0 Å². The van der Waals surface area contributed by atoms with Gasteiger partial charge in [0.25, 0.3) is 0 Å². The Morgan fingerprint density at radius 1 is 1.00 bits per heavy atom. The third kappa shape index (κ3) is 6.72. The molecular formula is C24H32F2N2O4. The largest absolute Gasteiger partial charge is 0.465 e. The van der Waals surface area contributed by atoms with Gasteiger partial charge in [-0.15, -0.1) is 0 Å². The van der Waals surface area contributed by atoms with E-state index >= 15 is 0 Å². The zero-order valence-electron chi connectivity index (χ0n) is 18.5. The van der Waals surface area contributed by atoms with Crippen molar-refractivity contribution in [1.82, 2.24) is 9.80 Å². The molecule has 0 spiro atoms. The van der Waals surface area contributed by atoms with Gasteiger partial charge in [-0.25, -0.2) is 13.6 Å². The Bertz CT molecular complexity index is 791. The van der Waals surface area contributed by atoms with E-state index in [2.05, 4.69) is 4.90 Å². The van der Waals surface area contributed by atoms with Crippen molar-refractivity contribution in [3.63, 3.8) is 0 Å². The topological polar surface area (TPSA) is 84.2 Å². The number of aliphatic hydroxyl groups is 2. The van der Waals surface area contributed by atoms with E-state index < -0.39 is 11.7 Å². The maximum atomic E-state index is 13.4. The molecule has 0 atom stereocenters. The van der Waals surface area contributed by atoms with Crippen LogP contribution in [-0.4, -0.2) is 71.5 Å². The quantitative estimate of drug-likeness (QED) is 0.627. The molecule has 0 unspecified atom stereocenters. The highest BCUT2D eigenvalue weighted by Crippen LogP contribution is 2.42. The molecule has 0 radical (unpaired) electrons. The summed E-state index contributed by atoms with van der Waals surface area (Å²) in [7, 11) is 2.95. The molecule has 1 fully saturated rings. The molecule has 1 saturated heterocycles. The summed E-state index contributed by atoms with van der Waals surface area (Å²) in [6.07, 6.45) is 1.38. The number of likely N-dealkylation sites (tertiary alicyclic amines) is 1. The lowest BCUT2D eigenvalue weighted by atomic mass is 9.72. The number of nitrogens with zero attached hydrogens (tertiary/aromatic N) is 2. The minimum atomic E-state index is -1.29. The fourth-order valence-electron chi connectivity index (χ4n) is 3.91. The van der Waals surface area contributed by atoms with Crippen LogP contribution in [0.1, 0.15) is 30.4 Å². The number of carboxylic acid groups (broad SMARTS) is 1. The van der Waals surface area contributed by atoms with Gasteiger partial charge in [0.1, 0.15) is 17.2 Å². The Morgan fingerprint density at radius 2 is 1.41 bits per heavy atom. The summed E-state index contributed by atoms with van der Waals surface area (Å²) >= 11 is 0. The molecule has 0 bridgehead atoms. The molecule has 6 nitrogen and oxygen atoms in total. The molecule has 176 valence electrons. The van der Waals surface area contributed by atoms with Gasteiger partial charge in [-0.3, -0.25) is 0 Å². The molecule has 32 heavy (non-hydrogen) atoms. The van der Waals surface area contributed by atoms with Crippen LogP contribution in [-0.2, 0) is 5.60 Å². The van der Waals surface area contributed by atoms with E-state index in [9.17, 15) is 18.7 Å². The fourth-order valence-corrected chi connectivity index (χ4v) is 3.91. The van der Waals surface area contributed by atoms with Crippen molar-refractivity contribution in [2.45, 2.75) is 24.9 Å². The molecule has 2 aromatic carbocycles. The van der Waals surface area contributed by atoms with Gasteiger partial charge in [0.15, 0.2) is 0 Å². The summed E-state index contributed by atoms with van der Waals surface area (Å²) in [6, 6.07) is 11.8. The summed E-state index contributed by atoms with van der Waals surface area (Å²) in [5.41, 5.74) is -0.0385. The zero-order chi connectivity index (χ0) is 23.7. The predicted octanol–water partition coefficient (Wildman–Crippen LogP) is 3.52. The van der Waals surface area contributed by atoms with Crippen LogP contribution in [0.25, 0.3) is 0 Å². The van der Waals surface area contributed by atoms with Gasteiger partial charge in [0.2, 0.25) is 0 Å². The van der Waals surface area contributed by atoms with E-state index in [0.29, 0.717) is 11.1 Å². The van der Waals surface area contributed by atoms with Gasteiger partial charge in [-0.05, 0) is 73.7 Å². The molecule has 0 aliphatic carbocycles. The summed E-state index contributed by atoms with van der Waals surface area (Å²) < 4.78 is 26.8. The Morgan fingerprint density at radius 3 is 1.75 bits per heavy atom. The number of rotatable bonds is 6. The second-order valence-electron chi connectivity index (χ2n) is 8.15. The second kappa shape index (κ2) is 11.9. The third-order valence-corrected chi connectivity index (χ3v) is 5.76. The van der Waals surface area contributed by atoms with Crippen LogP contribution >= 0.6 is 0 Å². The number of hydrogen-bond acceptors (Lipinski definition) is 4. The molecule has 3 rings (SSSR count). The molecule has 2 aromatic rings. The van der Waals surface area contributed by atoms with Gasteiger partial charge >= 0.3 is 6.09 Å².